The van der Waals surface area contributed by atoms with Gasteiger partial charge in [0.2, 0.25) is 0 Å². The standard InChI is InChI=1S/C16H16ClNO2/c1-10(19)13-7-8-15(17)14(9-13)11-3-5-12(6-4-11)16(20)18-2/h3-9,16,18,20H,1-2H3. The Morgan fingerprint density at radius 1 is 1.20 bits per heavy atom. The van der Waals surface area contributed by atoms with Crippen LogP contribution < -0.4 is 5.32 Å². The van der Waals surface area contributed by atoms with Crippen molar-refractivity contribution in [3.63, 3.8) is 0 Å². The Labute approximate surface area is 123 Å². The lowest BCUT2D eigenvalue weighted by atomic mass is 10.00. The predicted octanol–water partition coefficient (Wildman–Crippen LogP) is 3.42. The molecule has 3 nitrogen and oxygen atoms in total. The van der Waals surface area contributed by atoms with Crippen molar-refractivity contribution in [1.82, 2.24) is 5.32 Å². The monoisotopic (exact) mass is 289 g/mol. The van der Waals surface area contributed by atoms with Crippen LogP contribution in [0.4, 0.5) is 0 Å². The number of carbonyl (C=O) groups excluding carboxylic acids is 1. The topological polar surface area (TPSA) is 49.3 Å². The van der Waals surface area contributed by atoms with Crippen molar-refractivity contribution in [1.29, 1.82) is 0 Å². The average molecular weight is 290 g/mol. The zero-order valence-electron chi connectivity index (χ0n) is 11.4. The number of nitrogens with one attached hydrogen (secondary N) is 1. The first kappa shape index (κ1) is 14.7. The van der Waals surface area contributed by atoms with E-state index in [1.54, 1.807) is 25.2 Å². The minimum Gasteiger partial charge on any atom is -0.374 e. The van der Waals surface area contributed by atoms with E-state index in [0.29, 0.717) is 10.6 Å². The summed E-state index contributed by atoms with van der Waals surface area (Å²) in [7, 11) is 1.69. The van der Waals surface area contributed by atoms with Crippen molar-refractivity contribution in [2.45, 2.75) is 13.2 Å². The molecule has 0 amide bonds. The van der Waals surface area contributed by atoms with Crippen LogP contribution in [0, 0.1) is 0 Å². The Morgan fingerprint density at radius 2 is 1.85 bits per heavy atom. The highest BCUT2D eigenvalue weighted by molar-refractivity contribution is 6.33. The maximum Gasteiger partial charge on any atom is 0.159 e. The molecule has 1 atom stereocenters. The third-order valence-corrected chi connectivity index (χ3v) is 3.51. The van der Waals surface area contributed by atoms with Gasteiger partial charge in [0.25, 0.3) is 0 Å². The summed E-state index contributed by atoms with van der Waals surface area (Å²) in [5.74, 6) is 0.00476. The van der Waals surface area contributed by atoms with Crippen LogP contribution in [-0.2, 0) is 0 Å². The Hall–Kier alpha value is -1.68. The number of hydrogen-bond acceptors (Lipinski definition) is 3. The fraction of sp³-hybridized carbons (Fsp3) is 0.188. The smallest absolute Gasteiger partial charge is 0.159 e. The maximum atomic E-state index is 11.4. The van der Waals surface area contributed by atoms with Gasteiger partial charge in [0.1, 0.15) is 6.23 Å². The number of rotatable bonds is 4. The Bertz CT molecular complexity index is 623. The average Bonchev–Trinajstić information content (AvgIpc) is 2.47. The first-order valence-corrected chi connectivity index (χ1v) is 6.67. The molecule has 0 saturated heterocycles. The second kappa shape index (κ2) is 6.18. The highest BCUT2D eigenvalue weighted by Crippen LogP contribution is 2.29. The molecule has 0 aliphatic rings. The molecule has 104 valence electrons. The number of carbonyl (C=O) groups is 1. The highest BCUT2D eigenvalue weighted by atomic mass is 35.5. The van der Waals surface area contributed by atoms with Crippen molar-refractivity contribution in [3.05, 3.63) is 58.6 Å². The van der Waals surface area contributed by atoms with E-state index < -0.39 is 6.23 Å². The van der Waals surface area contributed by atoms with Gasteiger partial charge in [0, 0.05) is 16.1 Å². The van der Waals surface area contributed by atoms with Crippen LogP contribution in [0.15, 0.2) is 42.5 Å². The quantitative estimate of drug-likeness (QED) is 0.670. The normalized spacial score (nSPS) is 12.2. The number of hydrogen-bond donors (Lipinski definition) is 2. The van der Waals surface area contributed by atoms with Crippen LogP contribution in [-0.4, -0.2) is 17.9 Å². The van der Waals surface area contributed by atoms with Gasteiger partial charge in [-0.3, -0.25) is 10.1 Å². The van der Waals surface area contributed by atoms with Gasteiger partial charge in [-0.15, -0.1) is 0 Å². The molecule has 2 rings (SSSR count). The molecule has 0 fully saturated rings. The van der Waals surface area contributed by atoms with E-state index in [0.717, 1.165) is 16.7 Å². The zero-order valence-corrected chi connectivity index (χ0v) is 12.1. The van der Waals surface area contributed by atoms with E-state index in [1.165, 1.54) is 6.92 Å². The molecule has 0 heterocycles. The van der Waals surface area contributed by atoms with Crippen LogP contribution in [0.25, 0.3) is 11.1 Å². The van der Waals surface area contributed by atoms with E-state index in [4.69, 9.17) is 11.6 Å². The molecule has 2 aromatic carbocycles. The van der Waals surface area contributed by atoms with Gasteiger partial charge in [-0.1, -0.05) is 35.9 Å². The molecule has 0 aromatic heterocycles. The van der Waals surface area contributed by atoms with Crippen LogP contribution in [0.3, 0.4) is 0 Å². The van der Waals surface area contributed by atoms with Gasteiger partial charge >= 0.3 is 0 Å². The molecule has 0 bridgehead atoms. The van der Waals surface area contributed by atoms with Crippen molar-refractivity contribution in [2.24, 2.45) is 0 Å². The van der Waals surface area contributed by atoms with E-state index in [-0.39, 0.29) is 5.78 Å². The van der Waals surface area contributed by atoms with Gasteiger partial charge < -0.3 is 5.11 Å². The predicted molar refractivity (Wildman–Crippen MR) is 80.9 cm³/mol. The van der Waals surface area contributed by atoms with Crippen molar-refractivity contribution >= 4 is 17.4 Å². The maximum absolute atomic E-state index is 11.4. The Morgan fingerprint density at radius 3 is 2.40 bits per heavy atom. The Balaban J connectivity index is 2.41. The second-order valence-electron chi connectivity index (χ2n) is 4.56. The van der Waals surface area contributed by atoms with E-state index in [1.807, 2.05) is 24.3 Å². The van der Waals surface area contributed by atoms with Crippen LogP contribution in [0.2, 0.25) is 5.02 Å². The Kier molecular flexibility index (Phi) is 4.55. The largest absolute Gasteiger partial charge is 0.374 e. The van der Waals surface area contributed by atoms with Crippen LogP contribution >= 0.6 is 11.6 Å². The molecule has 0 aliphatic heterocycles. The number of aliphatic hydroxyl groups is 1. The van der Waals surface area contributed by atoms with Crippen molar-refractivity contribution < 1.29 is 9.90 Å². The van der Waals surface area contributed by atoms with E-state index >= 15 is 0 Å². The fourth-order valence-corrected chi connectivity index (χ4v) is 2.20. The summed E-state index contributed by atoms with van der Waals surface area (Å²) in [4.78, 5) is 11.4. The summed E-state index contributed by atoms with van der Waals surface area (Å²) in [6, 6.07) is 12.6. The third kappa shape index (κ3) is 3.07. The van der Waals surface area contributed by atoms with Crippen LogP contribution in [0.5, 0.6) is 0 Å². The number of ketones is 1. The van der Waals surface area contributed by atoms with Gasteiger partial charge in [0.05, 0.1) is 0 Å². The summed E-state index contributed by atoms with van der Waals surface area (Å²) in [5, 5.41) is 13.0. The van der Waals surface area contributed by atoms with Gasteiger partial charge in [-0.2, -0.15) is 0 Å². The number of halogens is 1. The lowest BCUT2D eigenvalue weighted by molar-refractivity contribution is 0.101. The molecule has 1 unspecified atom stereocenters. The van der Waals surface area contributed by atoms with Gasteiger partial charge in [-0.25, -0.2) is 0 Å². The summed E-state index contributed by atoms with van der Waals surface area (Å²) in [6.07, 6.45) is -0.692. The molecule has 0 radical (unpaired) electrons. The van der Waals surface area contributed by atoms with Crippen molar-refractivity contribution in [2.75, 3.05) is 7.05 Å². The summed E-state index contributed by atoms with van der Waals surface area (Å²) < 4.78 is 0. The molecule has 0 saturated carbocycles. The molecular weight excluding hydrogens is 274 g/mol. The fourth-order valence-electron chi connectivity index (χ4n) is 1.98. The first-order chi connectivity index (χ1) is 9.52. The molecule has 0 aliphatic carbocycles. The van der Waals surface area contributed by atoms with E-state index in [2.05, 4.69) is 5.32 Å². The number of benzene rings is 2. The lowest BCUT2D eigenvalue weighted by Crippen LogP contribution is -2.14. The number of Topliss-reactive ketones (excluding diaryl/α,β-unsaturated/α-hetero) is 1. The van der Waals surface area contributed by atoms with E-state index in [9.17, 15) is 9.90 Å². The minimum absolute atomic E-state index is 0.00476. The highest BCUT2D eigenvalue weighted by Gasteiger charge is 2.09. The molecule has 4 heteroatoms. The molecule has 20 heavy (non-hydrogen) atoms. The lowest BCUT2D eigenvalue weighted by Gasteiger charge is -2.11. The van der Waals surface area contributed by atoms with Crippen molar-refractivity contribution in [3.8, 4) is 11.1 Å². The third-order valence-electron chi connectivity index (χ3n) is 3.18. The summed E-state index contributed by atoms with van der Waals surface area (Å²) >= 11 is 6.19. The molecule has 0 spiro atoms. The summed E-state index contributed by atoms with van der Waals surface area (Å²) in [6.45, 7) is 1.53. The minimum atomic E-state index is -0.692. The van der Waals surface area contributed by atoms with Gasteiger partial charge in [-0.05, 0) is 43.3 Å². The van der Waals surface area contributed by atoms with Gasteiger partial charge in [0.15, 0.2) is 5.78 Å². The second-order valence-corrected chi connectivity index (χ2v) is 4.97. The molecule has 2 N–H and O–H groups in total. The SMILES string of the molecule is CNC(O)c1ccc(-c2cc(C(C)=O)ccc2Cl)cc1. The first-order valence-electron chi connectivity index (χ1n) is 6.29. The summed E-state index contributed by atoms with van der Waals surface area (Å²) in [5.41, 5.74) is 3.12. The zero-order chi connectivity index (χ0) is 14.7. The molecular formula is C16H16ClNO2. The number of aliphatic hydroxyl groups excluding tert-OH is 1. The molecule has 2 aromatic rings. The van der Waals surface area contributed by atoms with Crippen LogP contribution in [0.1, 0.15) is 29.1 Å².